The SMILES string of the molecule is CC[NH2+]CC.C[NH2+]C.O=S(=O)([O-])O.O=S(=O)([O-])O. The lowest BCUT2D eigenvalue weighted by Gasteiger charge is -1.88. The number of hydrogen-bond acceptors (Lipinski definition) is 6. The smallest absolute Gasteiger partial charge is 0.215 e. The summed E-state index contributed by atoms with van der Waals surface area (Å²) >= 11 is 0. The second kappa shape index (κ2) is 16.7. The van der Waals surface area contributed by atoms with Crippen LogP contribution in [-0.2, 0) is 20.8 Å². The molecule has 0 aromatic rings. The molecule has 0 radical (unpaired) electrons. The second-order valence-electron chi connectivity index (χ2n) is 2.54. The maximum absolute atomic E-state index is 8.63. The molecular weight excluding hydrogens is 292 g/mol. The monoisotopic (exact) mass is 314 g/mol. The van der Waals surface area contributed by atoms with Gasteiger partial charge in [0.2, 0.25) is 20.8 Å². The van der Waals surface area contributed by atoms with Crippen molar-refractivity contribution in [3.63, 3.8) is 0 Å². The molecule has 0 unspecified atom stereocenters. The Kier molecular flexibility index (Phi) is 24.3. The maximum Gasteiger partial charge on any atom is 0.215 e. The molecule has 0 saturated heterocycles. The predicted molar refractivity (Wildman–Crippen MR) is 61.4 cm³/mol. The van der Waals surface area contributed by atoms with Crippen LogP contribution in [0.4, 0.5) is 0 Å². The summed E-state index contributed by atoms with van der Waals surface area (Å²) in [6.45, 7) is 6.75. The molecule has 12 heteroatoms. The molecule has 0 spiro atoms. The van der Waals surface area contributed by atoms with Gasteiger partial charge in [-0.1, -0.05) is 0 Å². The molecule has 0 aliphatic rings. The number of quaternary nitrogens is 2. The standard InChI is InChI=1S/C4H11N.C2H7N.2H2O4S/c1-3-5-4-2;1-3-2;2*1-5(2,3)4/h5H,3-4H2,1-2H3;3H,1-2H3;2*(H2,1,2,3,4). The maximum atomic E-state index is 8.63. The van der Waals surface area contributed by atoms with E-state index >= 15 is 0 Å². The van der Waals surface area contributed by atoms with Gasteiger partial charge in [0, 0.05) is 0 Å². The van der Waals surface area contributed by atoms with E-state index in [9.17, 15) is 0 Å². The van der Waals surface area contributed by atoms with Crippen LogP contribution in [0, 0.1) is 0 Å². The summed E-state index contributed by atoms with van der Waals surface area (Å²) in [6.07, 6.45) is 0. The normalized spacial score (nSPS) is 9.78. The Morgan fingerprint density at radius 2 is 1.00 bits per heavy atom. The van der Waals surface area contributed by atoms with Crippen LogP contribution in [0.5, 0.6) is 0 Å². The van der Waals surface area contributed by atoms with Crippen molar-refractivity contribution < 1.29 is 45.7 Å². The van der Waals surface area contributed by atoms with Gasteiger partial charge in [-0.3, -0.25) is 9.11 Å². The zero-order valence-corrected chi connectivity index (χ0v) is 12.4. The van der Waals surface area contributed by atoms with Gasteiger partial charge in [0.15, 0.2) is 0 Å². The van der Waals surface area contributed by atoms with Crippen molar-refractivity contribution in [2.24, 2.45) is 0 Å². The first-order chi connectivity index (χ1) is 7.83. The van der Waals surface area contributed by atoms with E-state index in [4.69, 9.17) is 35.0 Å². The zero-order chi connectivity index (χ0) is 15.8. The molecule has 0 heterocycles. The summed E-state index contributed by atoms with van der Waals surface area (Å²) in [4.78, 5) is 0. The summed E-state index contributed by atoms with van der Waals surface area (Å²) in [5.74, 6) is 0. The molecule has 0 aromatic heterocycles. The van der Waals surface area contributed by atoms with Crippen LogP contribution in [0.15, 0.2) is 0 Å². The third kappa shape index (κ3) is 1220. The minimum atomic E-state index is -4.92. The second-order valence-corrected chi connectivity index (χ2v) is 4.25. The van der Waals surface area contributed by atoms with Gasteiger partial charge in [0.25, 0.3) is 0 Å². The summed E-state index contributed by atoms with van der Waals surface area (Å²) < 4.78 is 65.7. The summed E-state index contributed by atoms with van der Waals surface area (Å²) in [5.41, 5.74) is 0. The molecule has 0 bridgehead atoms. The van der Waals surface area contributed by atoms with E-state index in [1.807, 2.05) is 19.4 Å². The fourth-order valence-electron chi connectivity index (χ4n) is 0.289. The van der Waals surface area contributed by atoms with Gasteiger partial charge in [-0.25, -0.2) is 16.8 Å². The summed E-state index contributed by atoms with van der Waals surface area (Å²) in [5, 5.41) is 4.25. The number of nitrogens with two attached hydrogens (primary N) is 2. The zero-order valence-electron chi connectivity index (χ0n) is 10.7. The third-order valence-corrected chi connectivity index (χ3v) is 0.577. The summed E-state index contributed by atoms with van der Waals surface area (Å²) in [7, 11) is -5.83. The van der Waals surface area contributed by atoms with E-state index in [0.29, 0.717) is 0 Å². The van der Waals surface area contributed by atoms with Crippen molar-refractivity contribution in [3.8, 4) is 0 Å². The highest BCUT2D eigenvalue weighted by atomic mass is 32.3. The molecule has 0 atom stereocenters. The van der Waals surface area contributed by atoms with Gasteiger partial charge in [-0.05, 0) is 13.8 Å². The molecule has 0 fully saturated rings. The Labute approximate surface area is 108 Å². The molecule has 0 aliphatic heterocycles. The van der Waals surface area contributed by atoms with Crippen LogP contribution >= 0.6 is 0 Å². The van der Waals surface area contributed by atoms with Crippen LogP contribution in [-0.4, -0.2) is 62.2 Å². The van der Waals surface area contributed by atoms with Crippen LogP contribution in [0.1, 0.15) is 13.8 Å². The van der Waals surface area contributed by atoms with E-state index in [-0.39, 0.29) is 0 Å². The first-order valence-corrected chi connectivity index (χ1v) is 7.48. The number of rotatable bonds is 2. The van der Waals surface area contributed by atoms with Crippen molar-refractivity contribution >= 4 is 20.8 Å². The van der Waals surface area contributed by atoms with Gasteiger partial charge >= 0.3 is 0 Å². The lowest BCUT2D eigenvalue weighted by molar-refractivity contribution is -0.648. The molecule has 116 valence electrons. The molecule has 0 rings (SSSR count). The first kappa shape index (κ1) is 26.3. The van der Waals surface area contributed by atoms with Gasteiger partial charge in [0.05, 0.1) is 27.2 Å². The number of hydrogen-bond donors (Lipinski definition) is 4. The average Bonchev–Trinajstić information content (AvgIpc) is 2.00. The molecule has 0 amide bonds. The van der Waals surface area contributed by atoms with Gasteiger partial charge in [-0.15, -0.1) is 0 Å². The molecular formula is C6H22N2O8S2. The molecule has 6 N–H and O–H groups in total. The van der Waals surface area contributed by atoms with E-state index < -0.39 is 20.8 Å². The van der Waals surface area contributed by atoms with E-state index in [1.54, 1.807) is 0 Å². The van der Waals surface area contributed by atoms with E-state index in [0.717, 1.165) is 0 Å². The van der Waals surface area contributed by atoms with Crippen molar-refractivity contribution in [2.45, 2.75) is 13.8 Å². The Bertz CT molecular complexity index is 277. The van der Waals surface area contributed by atoms with Crippen LogP contribution in [0.2, 0.25) is 0 Å². The van der Waals surface area contributed by atoms with E-state index in [2.05, 4.69) is 19.2 Å². The third-order valence-electron chi connectivity index (χ3n) is 0.577. The Balaban J connectivity index is -0.0000000739. The topological polar surface area (TPSA) is 188 Å². The van der Waals surface area contributed by atoms with Crippen LogP contribution in [0.3, 0.4) is 0 Å². The summed E-state index contributed by atoms with van der Waals surface area (Å²) in [6, 6.07) is 0. The van der Waals surface area contributed by atoms with Crippen LogP contribution in [0.25, 0.3) is 0 Å². The first-order valence-electron chi connectivity index (χ1n) is 4.75. The lowest BCUT2D eigenvalue weighted by atomic mass is 10.7. The van der Waals surface area contributed by atoms with Crippen molar-refractivity contribution in [1.29, 1.82) is 0 Å². The Morgan fingerprint density at radius 1 is 0.889 bits per heavy atom. The minimum Gasteiger partial charge on any atom is -0.726 e. The fourth-order valence-corrected chi connectivity index (χ4v) is 0.289. The average molecular weight is 314 g/mol. The molecule has 18 heavy (non-hydrogen) atoms. The lowest BCUT2D eigenvalue weighted by Crippen LogP contribution is -2.82. The van der Waals surface area contributed by atoms with E-state index in [1.165, 1.54) is 13.1 Å². The molecule has 0 aliphatic carbocycles. The predicted octanol–water partition coefficient (Wildman–Crippen LogP) is -3.59. The highest BCUT2D eigenvalue weighted by Gasteiger charge is 1.68. The Morgan fingerprint density at radius 3 is 1.00 bits per heavy atom. The minimum absolute atomic E-state index is 1.22. The highest BCUT2D eigenvalue weighted by Crippen LogP contribution is 1.58. The van der Waals surface area contributed by atoms with Crippen molar-refractivity contribution in [3.05, 3.63) is 0 Å². The fraction of sp³-hybridized carbons (Fsp3) is 1.00. The molecule has 0 saturated carbocycles. The van der Waals surface area contributed by atoms with Gasteiger partial charge < -0.3 is 19.7 Å². The molecule has 0 aromatic carbocycles. The van der Waals surface area contributed by atoms with Gasteiger partial charge in [-0.2, -0.15) is 0 Å². The molecule has 10 nitrogen and oxygen atoms in total. The Hall–Kier alpha value is -0.340. The largest absolute Gasteiger partial charge is 0.726 e. The van der Waals surface area contributed by atoms with Crippen molar-refractivity contribution in [2.75, 3.05) is 27.2 Å². The highest BCUT2D eigenvalue weighted by molar-refractivity contribution is 7.80. The van der Waals surface area contributed by atoms with Crippen LogP contribution < -0.4 is 10.6 Å². The quantitative estimate of drug-likeness (QED) is 0.297. The van der Waals surface area contributed by atoms with Crippen molar-refractivity contribution in [1.82, 2.24) is 0 Å². The van der Waals surface area contributed by atoms with Gasteiger partial charge in [0.1, 0.15) is 0 Å².